The molecule has 0 bridgehead atoms. The van der Waals surface area contributed by atoms with Gasteiger partial charge in [0.2, 0.25) is 0 Å². The Kier molecular flexibility index (Phi) is 8.08. The molecule has 1 saturated heterocycles. The molecule has 1 aliphatic rings. The number of nitrogens with zero attached hydrogens (tertiary/aromatic N) is 1. The first-order chi connectivity index (χ1) is 15.0. The zero-order valence-corrected chi connectivity index (χ0v) is 19.0. The summed E-state index contributed by atoms with van der Waals surface area (Å²) in [6, 6.07) is 15.0. The van der Waals surface area contributed by atoms with Gasteiger partial charge in [-0.2, -0.15) is 0 Å². The van der Waals surface area contributed by atoms with Crippen molar-refractivity contribution in [2.24, 2.45) is 0 Å². The van der Waals surface area contributed by atoms with Gasteiger partial charge in [0.05, 0.1) is 24.7 Å². The van der Waals surface area contributed by atoms with E-state index in [4.69, 9.17) is 26.4 Å². The number of hydrogen-bond donors (Lipinski definition) is 0. The number of hydrogen-bond acceptors (Lipinski definition) is 7. The summed E-state index contributed by atoms with van der Waals surface area (Å²) in [7, 11) is 0. The molecule has 31 heavy (non-hydrogen) atoms. The molecule has 0 spiro atoms. The van der Waals surface area contributed by atoms with Crippen molar-refractivity contribution >= 4 is 46.3 Å². The van der Waals surface area contributed by atoms with Gasteiger partial charge in [0.15, 0.2) is 18.1 Å². The molecule has 0 atom stereocenters. The summed E-state index contributed by atoms with van der Waals surface area (Å²) in [4.78, 5) is 26.6. The van der Waals surface area contributed by atoms with Crippen LogP contribution in [0.25, 0.3) is 6.08 Å². The number of esters is 1. The Balaban J connectivity index is 1.76. The van der Waals surface area contributed by atoms with Crippen molar-refractivity contribution < 1.29 is 23.8 Å². The van der Waals surface area contributed by atoms with E-state index in [-0.39, 0.29) is 12.5 Å². The smallest absolute Gasteiger partial charge is 0.344 e. The van der Waals surface area contributed by atoms with Gasteiger partial charge in [-0.25, -0.2) is 4.79 Å². The molecule has 1 amide bonds. The third-order valence-corrected chi connectivity index (χ3v) is 5.65. The van der Waals surface area contributed by atoms with Crippen LogP contribution < -0.4 is 9.47 Å². The van der Waals surface area contributed by atoms with E-state index in [9.17, 15) is 9.59 Å². The lowest BCUT2D eigenvalue weighted by atomic mass is 10.1. The molecule has 0 aromatic heterocycles. The highest BCUT2D eigenvalue weighted by molar-refractivity contribution is 8.26. The van der Waals surface area contributed by atoms with Crippen molar-refractivity contribution in [3.63, 3.8) is 0 Å². The molecule has 0 radical (unpaired) electrons. The highest BCUT2D eigenvalue weighted by Gasteiger charge is 2.32. The second-order valence-corrected chi connectivity index (χ2v) is 8.16. The van der Waals surface area contributed by atoms with Crippen LogP contribution >= 0.6 is 24.0 Å². The van der Waals surface area contributed by atoms with Gasteiger partial charge in [-0.15, -0.1) is 0 Å². The SMILES string of the molecule is CCOC(=O)COc1ccc(C=C2SC(=S)N(Cc3ccccc3)C2=O)cc1OCC. The van der Waals surface area contributed by atoms with Crippen molar-refractivity contribution in [3.05, 3.63) is 64.6 Å². The fourth-order valence-corrected chi connectivity index (χ4v) is 4.15. The van der Waals surface area contributed by atoms with E-state index >= 15 is 0 Å². The molecule has 1 fully saturated rings. The topological polar surface area (TPSA) is 65.1 Å². The third-order valence-electron chi connectivity index (χ3n) is 4.27. The summed E-state index contributed by atoms with van der Waals surface area (Å²) < 4.78 is 16.6. The predicted octanol–water partition coefficient (Wildman–Crippen LogP) is 4.43. The van der Waals surface area contributed by atoms with Crippen LogP contribution in [-0.4, -0.2) is 40.9 Å². The average Bonchev–Trinajstić information content (AvgIpc) is 3.02. The average molecular weight is 458 g/mol. The number of thioether (sulfide) groups is 1. The fourth-order valence-electron chi connectivity index (χ4n) is 2.89. The zero-order chi connectivity index (χ0) is 22.2. The number of carbonyl (C=O) groups excluding carboxylic acids is 2. The number of rotatable bonds is 9. The number of amides is 1. The molecule has 1 heterocycles. The number of thiocarbonyl (C=S) groups is 1. The van der Waals surface area contributed by atoms with E-state index < -0.39 is 5.97 Å². The van der Waals surface area contributed by atoms with Gasteiger partial charge in [-0.1, -0.05) is 60.4 Å². The first-order valence-electron chi connectivity index (χ1n) is 9.86. The van der Waals surface area contributed by atoms with Gasteiger partial charge in [0.1, 0.15) is 4.32 Å². The molecule has 1 aliphatic heterocycles. The molecule has 162 valence electrons. The molecule has 2 aromatic rings. The standard InChI is InChI=1S/C23H23NO5S2/c1-3-27-19-12-17(10-11-18(19)29-15-21(25)28-4-2)13-20-22(26)24(23(30)31-20)14-16-8-6-5-7-9-16/h5-13H,3-4,14-15H2,1-2H3. The van der Waals surface area contributed by atoms with Crippen molar-refractivity contribution in [2.45, 2.75) is 20.4 Å². The van der Waals surface area contributed by atoms with Gasteiger partial charge in [-0.05, 0) is 43.2 Å². The summed E-state index contributed by atoms with van der Waals surface area (Å²) >= 11 is 6.69. The maximum Gasteiger partial charge on any atom is 0.344 e. The zero-order valence-electron chi connectivity index (χ0n) is 17.3. The van der Waals surface area contributed by atoms with E-state index in [2.05, 4.69) is 0 Å². The first kappa shape index (κ1) is 22.8. The highest BCUT2D eigenvalue weighted by atomic mass is 32.2. The van der Waals surface area contributed by atoms with Crippen LogP contribution in [0.2, 0.25) is 0 Å². The quantitative estimate of drug-likeness (QED) is 0.314. The van der Waals surface area contributed by atoms with E-state index in [0.717, 1.165) is 11.1 Å². The van der Waals surface area contributed by atoms with E-state index in [1.807, 2.05) is 37.3 Å². The van der Waals surface area contributed by atoms with Crippen molar-refractivity contribution in [3.8, 4) is 11.5 Å². The van der Waals surface area contributed by atoms with Crippen LogP contribution in [0.4, 0.5) is 0 Å². The predicted molar refractivity (Wildman–Crippen MR) is 125 cm³/mol. The maximum absolute atomic E-state index is 12.9. The molecule has 0 unspecified atom stereocenters. The Bertz CT molecular complexity index is 991. The second-order valence-electron chi connectivity index (χ2n) is 6.49. The summed E-state index contributed by atoms with van der Waals surface area (Å²) in [6.45, 7) is 4.55. The molecule has 8 heteroatoms. The summed E-state index contributed by atoms with van der Waals surface area (Å²) in [5.74, 6) is 0.347. The number of ether oxygens (including phenoxy) is 3. The maximum atomic E-state index is 12.9. The van der Waals surface area contributed by atoms with Crippen LogP contribution in [0.3, 0.4) is 0 Å². The lowest BCUT2D eigenvalue weighted by Crippen LogP contribution is -2.27. The van der Waals surface area contributed by atoms with Crippen LogP contribution in [0.1, 0.15) is 25.0 Å². The Morgan fingerprint density at radius 3 is 2.55 bits per heavy atom. The van der Waals surface area contributed by atoms with Crippen LogP contribution in [-0.2, 0) is 20.9 Å². The molecular weight excluding hydrogens is 434 g/mol. The summed E-state index contributed by atoms with van der Waals surface area (Å²) in [5, 5.41) is 0. The Labute approximate surface area is 191 Å². The van der Waals surface area contributed by atoms with E-state index in [1.165, 1.54) is 11.8 Å². The fraction of sp³-hybridized carbons (Fsp3) is 0.261. The van der Waals surface area contributed by atoms with Crippen LogP contribution in [0.15, 0.2) is 53.4 Å². The largest absolute Gasteiger partial charge is 0.490 e. The Morgan fingerprint density at radius 1 is 1.06 bits per heavy atom. The Hall–Kier alpha value is -2.84. The van der Waals surface area contributed by atoms with Gasteiger partial charge in [0.25, 0.3) is 5.91 Å². The van der Waals surface area contributed by atoms with Gasteiger partial charge in [-0.3, -0.25) is 9.69 Å². The minimum Gasteiger partial charge on any atom is -0.490 e. The molecule has 2 aromatic carbocycles. The van der Waals surface area contributed by atoms with Gasteiger partial charge < -0.3 is 14.2 Å². The highest BCUT2D eigenvalue weighted by Crippen LogP contribution is 2.35. The van der Waals surface area contributed by atoms with Crippen molar-refractivity contribution in [2.75, 3.05) is 19.8 Å². The number of carbonyl (C=O) groups is 2. The van der Waals surface area contributed by atoms with Crippen molar-refractivity contribution in [1.29, 1.82) is 0 Å². The van der Waals surface area contributed by atoms with E-state index in [0.29, 0.717) is 40.5 Å². The van der Waals surface area contributed by atoms with Crippen LogP contribution in [0.5, 0.6) is 11.5 Å². The molecule has 0 aliphatic carbocycles. The van der Waals surface area contributed by atoms with Crippen molar-refractivity contribution in [1.82, 2.24) is 4.90 Å². The minimum absolute atomic E-state index is 0.126. The monoisotopic (exact) mass is 457 g/mol. The molecule has 0 N–H and O–H groups in total. The van der Waals surface area contributed by atoms with Crippen LogP contribution in [0, 0.1) is 0 Å². The molecule has 3 rings (SSSR count). The minimum atomic E-state index is -0.448. The lowest BCUT2D eigenvalue weighted by molar-refractivity contribution is -0.145. The normalized spacial score (nSPS) is 14.8. The molecule has 0 saturated carbocycles. The summed E-state index contributed by atoms with van der Waals surface area (Å²) in [6.07, 6.45) is 1.78. The van der Waals surface area contributed by atoms with E-state index in [1.54, 1.807) is 36.1 Å². The molecular formula is C23H23NO5S2. The molecule has 6 nitrogen and oxygen atoms in total. The lowest BCUT2D eigenvalue weighted by Gasteiger charge is -2.14. The Morgan fingerprint density at radius 2 is 1.84 bits per heavy atom. The third kappa shape index (κ3) is 6.08. The summed E-state index contributed by atoms with van der Waals surface area (Å²) in [5.41, 5.74) is 1.79. The second kappa shape index (κ2) is 11.0. The number of benzene rings is 2. The van der Waals surface area contributed by atoms with Gasteiger partial charge >= 0.3 is 5.97 Å². The first-order valence-corrected chi connectivity index (χ1v) is 11.1. The van der Waals surface area contributed by atoms with Gasteiger partial charge in [0, 0.05) is 0 Å².